The van der Waals surface area contributed by atoms with Crippen LogP contribution in [0.3, 0.4) is 0 Å². The van der Waals surface area contributed by atoms with Crippen LogP contribution in [-0.4, -0.2) is 20.1 Å². The highest BCUT2D eigenvalue weighted by molar-refractivity contribution is 8.06. The third-order valence-electron chi connectivity index (χ3n) is 11.0. The van der Waals surface area contributed by atoms with Gasteiger partial charge in [-0.3, -0.25) is 0 Å². The zero-order valence-corrected chi connectivity index (χ0v) is 32.0. The third kappa shape index (κ3) is 4.08. The normalized spacial score (nSPS) is 16.5. The van der Waals surface area contributed by atoms with Crippen molar-refractivity contribution >= 4 is 134 Å². The highest BCUT2D eigenvalue weighted by Crippen LogP contribution is 2.50. The largest absolute Gasteiger partial charge is 0.248 e. The summed E-state index contributed by atoms with van der Waals surface area (Å²) < 4.78 is 0. The quantitative estimate of drug-likeness (QED) is 0.167. The van der Waals surface area contributed by atoms with E-state index in [1.807, 2.05) is 70.6 Å². The summed E-state index contributed by atoms with van der Waals surface area (Å²) in [5.41, 5.74) is 13.0. The Balaban J connectivity index is 1.27. The van der Waals surface area contributed by atoms with Gasteiger partial charge in [0.15, 0.2) is 0 Å². The van der Waals surface area contributed by atoms with Crippen LogP contribution in [0.4, 0.5) is 0 Å². The lowest BCUT2D eigenvalue weighted by Crippen LogP contribution is -2.67. The molecule has 6 aliphatic heterocycles. The molecule has 0 aromatic heterocycles. The minimum atomic E-state index is 0.0820. The fourth-order valence-electron chi connectivity index (χ4n) is 9.04. The van der Waals surface area contributed by atoms with E-state index in [0.29, 0.717) is 0 Å². The lowest BCUT2D eigenvalue weighted by atomic mass is 9.29. The predicted octanol–water partition coefficient (Wildman–Crippen LogP) is 6.89. The maximum atomic E-state index is 4.72. The highest BCUT2D eigenvalue weighted by atomic mass is 32.2. The van der Waals surface area contributed by atoms with Crippen molar-refractivity contribution in [3.8, 4) is 0 Å². The maximum absolute atomic E-state index is 4.72. The molecule has 0 saturated heterocycles. The van der Waals surface area contributed by atoms with E-state index in [0.717, 1.165) is 4.91 Å². The molecule has 0 saturated carbocycles. The first-order valence-corrected chi connectivity index (χ1v) is 22.0. The summed E-state index contributed by atoms with van der Waals surface area (Å²) in [5, 5.41) is 0. The smallest absolute Gasteiger partial charge is 0.0980 e. The molecule has 6 aromatic carbocycles. The fraction of sp³-hybridized carbons (Fsp3) is 0. The number of thioether (sulfide) groups is 2. The number of allylic oxidation sites excluding steroid dienone is 2. The van der Waals surface area contributed by atoms with Crippen LogP contribution in [0.1, 0.15) is 0 Å². The summed E-state index contributed by atoms with van der Waals surface area (Å²) in [6.45, 7) is 9.54. The molecular weight excluding hydrogens is 729 g/mol. The molecule has 0 aliphatic carbocycles. The molecule has 0 bridgehead atoms. The van der Waals surface area contributed by atoms with Gasteiger partial charge in [0, 0.05) is 58.8 Å². The summed E-state index contributed by atoms with van der Waals surface area (Å²) >= 11 is 11.7. The summed E-state index contributed by atoms with van der Waals surface area (Å²) in [4.78, 5) is 16.3. The maximum Gasteiger partial charge on any atom is 0.248 e. The molecule has 6 aliphatic rings. The topological polar surface area (TPSA) is 0 Å². The molecule has 6 aromatic rings. The van der Waals surface area contributed by atoms with Crippen molar-refractivity contribution in [3.05, 3.63) is 144 Å². The van der Waals surface area contributed by atoms with Crippen LogP contribution in [0.25, 0.3) is 0 Å². The minimum absolute atomic E-state index is 0.0820. The molecule has 9 heteroatoms. The van der Waals surface area contributed by atoms with Gasteiger partial charge in [-0.05, 0) is 75.3 Å². The Morgan fingerprint density at radius 3 is 1.29 bits per heavy atom. The van der Waals surface area contributed by atoms with E-state index in [4.69, 9.17) is 6.58 Å². The lowest BCUT2D eigenvalue weighted by Gasteiger charge is -2.43. The van der Waals surface area contributed by atoms with Gasteiger partial charge in [-0.25, -0.2) is 0 Å². The van der Waals surface area contributed by atoms with Crippen molar-refractivity contribution in [1.82, 2.24) is 0 Å². The van der Waals surface area contributed by atoms with Gasteiger partial charge in [0.1, 0.15) is 0 Å². The van der Waals surface area contributed by atoms with Crippen LogP contribution in [0.2, 0.25) is 0 Å². The Kier molecular flexibility index (Phi) is 6.64. The monoisotopic (exact) mass is 752 g/mol. The van der Waals surface area contributed by atoms with Gasteiger partial charge in [-0.15, -0.1) is 0 Å². The van der Waals surface area contributed by atoms with Gasteiger partial charge < -0.3 is 0 Å². The van der Waals surface area contributed by atoms with Gasteiger partial charge >= 0.3 is 0 Å². The molecule has 0 atom stereocenters. The van der Waals surface area contributed by atoms with E-state index in [1.54, 1.807) is 0 Å². The summed E-state index contributed by atoms with van der Waals surface area (Å²) in [7, 11) is 0. The fourth-order valence-corrected chi connectivity index (χ4v) is 16.9. The third-order valence-corrected chi connectivity index (χ3v) is 18.1. The second-order valence-corrected chi connectivity index (χ2v) is 20.0. The first-order valence-electron chi connectivity index (χ1n) is 17.1. The molecule has 6 heterocycles. The van der Waals surface area contributed by atoms with E-state index in [9.17, 15) is 0 Å². The molecule has 51 heavy (non-hydrogen) atoms. The van der Waals surface area contributed by atoms with E-state index >= 15 is 0 Å². The standard InChI is InChI=1S/C42H23B3S6/c1-3-26-34-22(2)46-27-15-7-4-12-23(27)43(34)37-40(49-26)38-42(51-33-21-11-18-30-35(33)44(38)24-13-5-8-16-28(24)47-30)39-41(37)50-32-20-10-19-31-36(32)45(39)25-14-6-9-17-29(25)48-31/h3-21H,1-2H2. The summed E-state index contributed by atoms with van der Waals surface area (Å²) in [6.07, 6.45) is 2.10. The van der Waals surface area contributed by atoms with Crippen molar-refractivity contribution in [2.24, 2.45) is 0 Å². The van der Waals surface area contributed by atoms with Crippen molar-refractivity contribution in [2.45, 2.75) is 49.0 Å². The summed E-state index contributed by atoms with van der Waals surface area (Å²) in [5.74, 6) is 0. The van der Waals surface area contributed by atoms with E-state index in [-0.39, 0.29) is 20.1 Å². The molecule has 0 unspecified atom stereocenters. The van der Waals surface area contributed by atoms with Crippen LogP contribution < -0.4 is 43.7 Å². The predicted molar refractivity (Wildman–Crippen MR) is 228 cm³/mol. The zero-order valence-electron chi connectivity index (χ0n) is 27.1. The molecule has 236 valence electrons. The van der Waals surface area contributed by atoms with Crippen LogP contribution in [0.5, 0.6) is 0 Å². The highest BCUT2D eigenvalue weighted by Gasteiger charge is 2.51. The first-order chi connectivity index (χ1) is 25.2. The number of hydrogen-bond acceptors (Lipinski definition) is 6. The Morgan fingerprint density at radius 1 is 0.392 bits per heavy atom. The molecule has 12 rings (SSSR count). The SMILES string of the molecule is C=CC1=C2B(c3ccccc3SC2=C)c2c(c3c(c4c2Sc2cccc5c2B4c2ccccc2S5)Sc2cccc4c2B3c2ccccc2S4)S1. The van der Waals surface area contributed by atoms with Crippen molar-refractivity contribution in [2.75, 3.05) is 0 Å². The molecule has 0 radical (unpaired) electrons. The van der Waals surface area contributed by atoms with Gasteiger partial charge in [-0.1, -0.05) is 173 Å². The second-order valence-electron chi connectivity index (χ2n) is 13.5. The summed E-state index contributed by atoms with van der Waals surface area (Å²) in [6, 6.07) is 41.4. The van der Waals surface area contributed by atoms with Crippen molar-refractivity contribution in [1.29, 1.82) is 0 Å². The molecule has 0 nitrogen and oxygen atoms in total. The molecular formula is C42H23B3S6. The van der Waals surface area contributed by atoms with E-state index in [2.05, 4.69) is 122 Å². The van der Waals surface area contributed by atoms with E-state index in [1.165, 1.54) is 103 Å². The average Bonchev–Trinajstić information content (AvgIpc) is 3.17. The van der Waals surface area contributed by atoms with Gasteiger partial charge in [0.2, 0.25) is 20.1 Å². The van der Waals surface area contributed by atoms with Gasteiger partial charge in [-0.2, -0.15) is 0 Å². The number of benzene rings is 6. The average molecular weight is 752 g/mol. The molecule has 0 spiro atoms. The number of rotatable bonds is 1. The Morgan fingerprint density at radius 2 is 0.784 bits per heavy atom. The second kappa shape index (κ2) is 11.2. The Bertz CT molecular complexity index is 2680. The van der Waals surface area contributed by atoms with E-state index < -0.39 is 0 Å². The lowest BCUT2D eigenvalue weighted by molar-refractivity contribution is 1.27. The molecule has 0 amide bonds. The van der Waals surface area contributed by atoms with Gasteiger partial charge in [0.05, 0.1) is 0 Å². The minimum Gasteiger partial charge on any atom is -0.0980 e. The van der Waals surface area contributed by atoms with Crippen LogP contribution in [-0.2, 0) is 0 Å². The molecule has 0 fully saturated rings. The van der Waals surface area contributed by atoms with Crippen molar-refractivity contribution in [3.63, 3.8) is 0 Å². The number of fused-ring (bicyclic) bond motifs is 16. The Labute approximate surface area is 324 Å². The van der Waals surface area contributed by atoms with Crippen LogP contribution in [0, 0.1) is 0 Å². The zero-order chi connectivity index (χ0) is 33.5. The van der Waals surface area contributed by atoms with Crippen molar-refractivity contribution < 1.29 is 0 Å². The Hall–Kier alpha value is -3.17. The first kappa shape index (κ1) is 30.3. The number of hydrogen-bond donors (Lipinski definition) is 0. The molecule has 0 N–H and O–H groups in total. The van der Waals surface area contributed by atoms with Crippen LogP contribution in [0.15, 0.2) is 193 Å². The van der Waals surface area contributed by atoms with Gasteiger partial charge in [0.25, 0.3) is 0 Å². The van der Waals surface area contributed by atoms with Crippen LogP contribution >= 0.6 is 70.6 Å².